The molecule has 0 spiro atoms. The molecule has 0 saturated heterocycles. The van der Waals surface area contributed by atoms with Gasteiger partial charge in [0.05, 0.1) is 7.11 Å². The van der Waals surface area contributed by atoms with E-state index >= 15 is 0 Å². The van der Waals surface area contributed by atoms with Gasteiger partial charge in [0.2, 0.25) is 0 Å². The molecule has 32 heavy (non-hydrogen) atoms. The molecule has 2 heteroatoms. The lowest BCUT2D eigenvalue weighted by Gasteiger charge is -2.06. The minimum absolute atomic E-state index is 0.308. The summed E-state index contributed by atoms with van der Waals surface area (Å²) in [6.45, 7) is 2.30. The van der Waals surface area contributed by atoms with Gasteiger partial charge in [-0.1, -0.05) is 135 Å². The molecule has 0 amide bonds. The highest BCUT2D eigenvalue weighted by Gasteiger charge is 2.01. The van der Waals surface area contributed by atoms with E-state index in [1.54, 1.807) is 13.2 Å². The largest absolute Gasteiger partial charge is 0.508 e. The van der Waals surface area contributed by atoms with E-state index in [4.69, 9.17) is 4.74 Å². The van der Waals surface area contributed by atoms with Crippen LogP contribution in [0.1, 0.15) is 147 Å². The van der Waals surface area contributed by atoms with Gasteiger partial charge in [-0.15, -0.1) is 0 Å². The number of phenols is 1. The molecule has 2 nitrogen and oxygen atoms in total. The molecule has 0 aliphatic heterocycles. The van der Waals surface area contributed by atoms with Crippen molar-refractivity contribution < 1.29 is 9.84 Å². The zero-order chi connectivity index (χ0) is 23.1. The van der Waals surface area contributed by atoms with Crippen molar-refractivity contribution in [2.75, 3.05) is 7.11 Å². The van der Waals surface area contributed by atoms with E-state index in [1.165, 1.54) is 140 Å². The van der Waals surface area contributed by atoms with Gasteiger partial charge < -0.3 is 9.84 Å². The van der Waals surface area contributed by atoms with Crippen molar-refractivity contribution in [2.24, 2.45) is 0 Å². The first kappa shape index (κ1) is 28.9. The van der Waals surface area contributed by atoms with Gasteiger partial charge in [-0.05, 0) is 30.5 Å². The molecule has 0 atom stereocenters. The van der Waals surface area contributed by atoms with Gasteiger partial charge in [0, 0.05) is 6.07 Å². The number of ether oxygens (including phenoxy) is 1. The van der Waals surface area contributed by atoms with Crippen LogP contribution in [0.2, 0.25) is 0 Å². The smallest absolute Gasteiger partial charge is 0.122 e. The van der Waals surface area contributed by atoms with Crippen LogP contribution < -0.4 is 4.74 Å². The van der Waals surface area contributed by atoms with Gasteiger partial charge in [-0.2, -0.15) is 0 Å². The van der Waals surface area contributed by atoms with Crippen LogP contribution in [0.4, 0.5) is 0 Å². The fourth-order valence-corrected chi connectivity index (χ4v) is 4.67. The molecule has 1 rings (SSSR count). The number of rotatable bonds is 23. The van der Waals surface area contributed by atoms with Crippen LogP contribution in [0.3, 0.4) is 0 Å². The molecule has 0 aliphatic rings. The van der Waals surface area contributed by atoms with Gasteiger partial charge in [0.25, 0.3) is 0 Å². The molecule has 0 heterocycles. The lowest BCUT2D eigenvalue weighted by molar-refractivity contribution is 0.406. The Morgan fingerprint density at radius 2 is 0.906 bits per heavy atom. The van der Waals surface area contributed by atoms with E-state index in [1.807, 2.05) is 12.1 Å². The molecular formula is C30H54O2. The zero-order valence-corrected chi connectivity index (χ0v) is 21.6. The summed E-state index contributed by atoms with van der Waals surface area (Å²) in [7, 11) is 1.65. The van der Waals surface area contributed by atoms with Crippen LogP contribution >= 0.6 is 0 Å². The topological polar surface area (TPSA) is 29.5 Å². The van der Waals surface area contributed by atoms with E-state index in [-0.39, 0.29) is 0 Å². The monoisotopic (exact) mass is 446 g/mol. The van der Waals surface area contributed by atoms with E-state index in [0.717, 1.165) is 12.2 Å². The summed E-state index contributed by atoms with van der Waals surface area (Å²) in [6.07, 6.45) is 30.8. The second-order valence-electron chi connectivity index (χ2n) is 9.86. The summed E-state index contributed by atoms with van der Waals surface area (Å²) in [6, 6.07) is 5.57. The molecule has 1 aromatic carbocycles. The highest BCUT2D eigenvalue weighted by Crippen LogP contribution is 2.23. The Hall–Kier alpha value is -1.18. The third-order valence-electron chi connectivity index (χ3n) is 6.76. The Kier molecular flexibility index (Phi) is 19.5. The summed E-state index contributed by atoms with van der Waals surface area (Å²) in [4.78, 5) is 0. The second kappa shape index (κ2) is 21.7. The van der Waals surface area contributed by atoms with E-state index in [2.05, 4.69) is 6.92 Å². The maximum absolute atomic E-state index is 9.72. The summed E-state index contributed by atoms with van der Waals surface area (Å²) in [5, 5.41) is 9.72. The Balaban J connectivity index is 1.75. The van der Waals surface area contributed by atoms with Crippen molar-refractivity contribution in [3.05, 3.63) is 23.8 Å². The summed E-state index contributed by atoms with van der Waals surface area (Å²) >= 11 is 0. The highest BCUT2D eigenvalue weighted by atomic mass is 16.5. The van der Waals surface area contributed by atoms with Crippen LogP contribution in [0, 0.1) is 0 Å². The normalized spacial score (nSPS) is 11.2. The fraction of sp³-hybridized carbons (Fsp3) is 0.800. The van der Waals surface area contributed by atoms with E-state index in [9.17, 15) is 5.11 Å². The third kappa shape index (κ3) is 17.4. The number of benzene rings is 1. The molecule has 1 aromatic rings. The van der Waals surface area contributed by atoms with Crippen molar-refractivity contribution in [2.45, 2.75) is 148 Å². The lowest BCUT2D eigenvalue weighted by Crippen LogP contribution is -1.89. The van der Waals surface area contributed by atoms with Crippen molar-refractivity contribution in [3.63, 3.8) is 0 Å². The number of hydrogen-bond acceptors (Lipinski definition) is 2. The Labute approximate surface area is 200 Å². The van der Waals surface area contributed by atoms with E-state index in [0.29, 0.717) is 5.75 Å². The fourth-order valence-electron chi connectivity index (χ4n) is 4.67. The molecule has 0 unspecified atom stereocenters. The third-order valence-corrected chi connectivity index (χ3v) is 6.76. The van der Waals surface area contributed by atoms with Gasteiger partial charge in [-0.25, -0.2) is 0 Å². The van der Waals surface area contributed by atoms with Gasteiger partial charge in [0.15, 0.2) is 0 Å². The van der Waals surface area contributed by atoms with Crippen molar-refractivity contribution >= 4 is 0 Å². The Morgan fingerprint density at radius 3 is 1.28 bits per heavy atom. The Morgan fingerprint density at radius 1 is 0.531 bits per heavy atom. The maximum atomic E-state index is 9.72. The summed E-state index contributed by atoms with van der Waals surface area (Å²) < 4.78 is 5.23. The minimum Gasteiger partial charge on any atom is -0.508 e. The summed E-state index contributed by atoms with van der Waals surface area (Å²) in [5.74, 6) is 1.06. The molecule has 0 fully saturated rings. The molecular weight excluding hydrogens is 392 g/mol. The SMILES string of the molecule is CCCCCCCCCCCCCCCCCCCCCCCc1cc(O)cc(OC)c1. The van der Waals surface area contributed by atoms with Crippen LogP contribution in [0.5, 0.6) is 11.5 Å². The average molecular weight is 447 g/mol. The average Bonchev–Trinajstić information content (AvgIpc) is 2.79. The van der Waals surface area contributed by atoms with Crippen molar-refractivity contribution in [3.8, 4) is 11.5 Å². The second-order valence-corrected chi connectivity index (χ2v) is 9.86. The van der Waals surface area contributed by atoms with Gasteiger partial charge in [-0.3, -0.25) is 0 Å². The lowest BCUT2D eigenvalue weighted by atomic mass is 10.0. The molecule has 1 N–H and O–H groups in total. The number of phenolic OH excluding ortho intramolecular Hbond substituents is 1. The first-order valence-corrected chi connectivity index (χ1v) is 14.1. The van der Waals surface area contributed by atoms with Crippen LogP contribution in [0.15, 0.2) is 18.2 Å². The Bertz CT molecular complexity index is 526. The van der Waals surface area contributed by atoms with Gasteiger partial charge in [0.1, 0.15) is 11.5 Å². The molecule has 186 valence electrons. The van der Waals surface area contributed by atoms with Crippen molar-refractivity contribution in [1.82, 2.24) is 0 Å². The number of unbranched alkanes of at least 4 members (excludes halogenated alkanes) is 20. The van der Waals surface area contributed by atoms with Crippen LogP contribution in [-0.2, 0) is 6.42 Å². The van der Waals surface area contributed by atoms with Crippen LogP contribution in [-0.4, -0.2) is 12.2 Å². The molecule has 0 aromatic heterocycles. The molecule has 0 aliphatic carbocycles. The minimum atomic E-state index is 0.308. The predicted octanol–water partition coefficient (Wildman–Crippen LogP) is 10.2. The number of hydrogen-bond donors (Lipinski definition) is 1. The first-order chi connectivity index (χ1) is 15.8. The standard InChI is InChI=1S/C30H54O2/c1-3-4-5-6-7-8-9-10-11-12-13-14-15-16-17-18-19-20-21-22-23-24-28-25-29(31)27-30(26-28)32-2/h25-27,31H,3-24H2,1-2H3. The number of methoxy groups -OCH3 is 1. The molecule has 0 radical (unpaired) electrons. The quantitative estimate of drug-likeness (QED) is 0.169. The highest BCUT2D eigenvalue weighted by molar-refractivity contribution is 5.37. The first-order valence-electron chi connectivity index (χ1n) is 14.1. The van der Waals surface area contributed by atoms with Gasteiger partial charge >= 0.3 is 0 Å². The molecule has 0 bridgehead atoms. The molecule has 0 saturated carbocycles. The predicted molar refractivity (Wildman–Crippen MR) is 141 cm³/mol. The summed E-state index contributed by atoms with van der Waals surface area (Å²) in [5.41, 5.74) is 1.18. The van der Waals surface area contributed by atoms with Crippen LogP contribution in [0.25, 0.3) is 0 Å². The number of aryl methyl sites for hydroxylation is 1. The number of aromatic hydroxyl groups is 1. The van der Waals surface area contributed by atoms with Crippen molar-refractivity contribution in [1.29, 1.82) is 0 Å². The maximum Gasteiger partial charge on any atom is 0.122 e. The van der Waals surface area contributed by atoms with E-state index < -0.39 is 0 Å². The zero-order valence-electron chi connectivity index (χ0n) is 21.6.